The molecule has 2 amide bonds. The standard InChI is InChI=1S/C15H12BrN3O3/c16-13-7-1-10(2-8-13)9-17-18-14(20)11-3-5-12(6-4-11)15(21)19-22/h1-9,22H,(H,18,20)(H,19,21). The second-order valence-electron chi connectivity index (χ2n) is 4.27. The highest BCUT2D eigenvalue weighted by Crippen LogP contribution is 2.09. The van der Waals surface area contributed by atoms with E-state index in [0.717, 1.165) is 10.0 Å². The van der Waals surface area contributed by atoms with Crippen LogP contribution in [0.4, 0.5) is 0 Å². The maximum Gasteiger partial charge on any atom is 0.274 e. The van der Waals surface area contributed by atoms with E-state index < -0.39 is 11.8 Å². The lowest BCUT2D eigenvalue weighted by molar-refractivity contribution is 0.0706. The molecule has 0 radical (unpaired) electrons. The molecular formula is C15H12BrN3O3. The number of halogens is 1. The van der Waals surface area contributed by atoms with E-state index in [0.29, 0.717) is 5.56 Å². The number of nitrogens with one attached hydrogen (secondary N) is 2. The van der Waals surface area contributed by atoms with E-state index in [4.69, 9.17) is 5.21 Å². The number of amides is 2. The molecule has 0 heterocycles. The van der Waals surface area contributed by atoms with Crippen molar-refractivity contribution in [3.05, 3.63) is 69.7 Å². The molecule has 0 aliphatic carbocycles. The molecule has 3 N–H and O–H groups in total. The Morgan fingerprint density at radius 3 is 2.05 bits per heavy atom. The number of hydrogen-bond donors (Lipinski definition) is 3. The maximum atomic E-state index is 11.9. The molecule has 0 spiro atoms. The Morgan fingerprint density at radius 1 is 0.955 bits per heavy atom. The van der Waals surface area contributed by atoms with Crippen molar-refractivity contribution in [2.45, 2.75) is 0 Å². The fourth-order valence-corrected chi connectivity index (χ4v) is 1.88. The first-order valence-electron chi connectivity index (χ1n) is 6.23. The zero-order chi connectivity index (χ0) is 15.9. The fraction of sp³-hybridized carbons (Fsp3) is 0. The third-order valence-electron chi connectivity index (χ3n) is 2.76. The summed E-state index contributed by atoms with van der Waals surface area (Å²) in [4.78, 5) is 23.0. The molecular weight excluding hydrogens is 350 g/mol. The minimum atomic E-state index is -0.639. The van der Waals surface area contributed by atoms with Crippen molar-refractivity contribution in [3.63, 3.8) is 0 Å². The van der Waals surface area contributed by atoms with Gasteiger partial charge in [0.15, 0.2) is 0 Å². The van der Waals surface area contributed by atoms with Crippen LogP contribution in [0.1, 0.15) is 26.3 Å². The molecule has 22 heavy (non-hydrogen) atoms. The second-order valence-corrected chi connectivity index (χ2v) is 5.18. The van der Waals surface area contributed by atoms with Gasteiger partial charge in [0, 0.05) is 15.6 Å². The van der Waals surface area contributed by atoms with Gasteiger partial charge < -0.3 is 0 Å². The Hall–Kier alpha value is -2.51. The van der Waals surface area contributed by atoms with E-state index in [9.17, 15) is 9.59 Å². The lowest BCUT2D eigenvalue weighted by atomic mass is 10.1. The van der Waals surface area contributed by atoms with E-state index in [-0.39, 0.29) is 5.56 Å². The smallest absolute Gasteiger partial charge is 0.274 e. The highest BCUT2D eigenvalue weighted by Gasteiger charge is 2.07. The lowest BCUT2D eigenvalue weighted by Crippen LogP contribution is -2.20. The lowest BCUT2D eigenvalue weighted by Gasteiger charge is -2.02. The highest BCUT2D eigenvalue weighted by atomic mass is 79.9. The van der Waals surface area contributed by atoms with Gasteiger partial charge in [0.2, 0.25) is 0 Å². The average molecular weight is 362 g/mol. The number of nitrogens with zero attached hydrogens (tertiary/aromatic N) is 1. The number of hydrazone groups is 1. The minimum Gasteiger partial charge on any atom is -0.288 e. The van der Waals surface area contributed by atoms with E-state index >= 15 is 0 Å². The zero-order valence-electron chi connectivity index (χ0n) is 11.3. The van der Waals surface area contributed by atoms with Gasteiger partial charge in [-0.05, 0) is 42.0 Å². The molecule has 0 fully saturated rings. The van der Waals surface area contributed by atoms with Crippen LogP contribution in [0.3, 0.4) is 0 Å². The van der Waals surface area contributed by atoms with E-state index in [1.165, 1.54) is 36.0 Å². The predicted molar refractivity (Wildman–Crippen MR) is 84.9 cm³/mol. The SMILES string of the molecule is O=C(NO)c1ccc(C(=O)NN=Cc2ccc(Br)cc2)cc1. The van der Waals surface area contributed by atoms with Crippen LogP contribution in [0.15, 0.2) is 58.1 Å². The quantitative estimate of drug-likeness (QED) is 0.443. The number of hydrogen-bond acceptors (Lipinski definition) is 4. The summed E-state index contributed by atoms with van der Waals surface area (Å²) in [5.41, 5.74) is 5.36. The van der Waals surface area contributed by atoms with Gasteiger partial charge in [-0.25, -0.2) is 10.9 Å². The van der Waals surface area contributed by atoms with Crippen molar-refractivity contribution in [2.24, 2.45) is 5.10 Å². The first kappa shape index (κ1) is 15.9. The molecule has 0 unspecified atom stereocenters. The van der Waals surface area contributed by atoms with E-state index in [2.05, 4.69) is 26.5 Å². The van der Waals surface area contributed by atoms with Gasteiger partial charge >= 0.3 is 0 Å². The van der Waals surface area contributed by atoms with Crippen LogP contribution in [0.25, 0.3) is 0 Å². The summed E-state index contributed by atoms with van der Waals surface area (Å²) in [7, 11) is 0. The second kappa shape index (κ2) is 7.48. The third kappa shape index (κ3) is 4.24. The van der Waals surface area contributed by atoms with Gasteiger partial charge in [-0.2, -0.15) is 5.10 Å². The molecule has 6 nitrogen and oxygen atoms in total. The van der Waals surface area contributed by atoms with Gasteiger partial charge in [0.1, 0.15) is 0 Å². The van der Waals surface area contributed by atoms with Gasteiger partial charge in [-0.1, -0.05) is 28.1 Å². The summed E-state index contributed by atoms with van der Waals surface area (Å²) in [6.45, 7) is 0. The largest absolute Gasteiger partial charge is 0.288 e. The van der Waals surface area contributed by atoms with Crippen molar-refractivity contribution >= 4 is 34.0 Å². The van der Waals surface area contributed by atoms with Crippen molar-refractivity contribution in [3.8, 4) is 0 Å². The summed E-state index contributed by atoms with van der Waals surface area (Å²) in [5.74, 6) is -1.04. The molecule has 0 saturated heterocycles. The Labute approximate surface area is 134 Å². The number of carbonyl (C=O) groups excluding carboxylic acids is 2. The topological polar surface area (TPSA) is 90.8 Å². The molecule has 112 valence electrons. The van der Waals surface area contributed by atoms with E-state index in [1.54, 1.807) is 0 Å². The van der Waals surface area contributed by atoms with Crippen LogP contribution in [0.2, 0.25) is 0 Å². The van der Waals surface area contributed by atoms with Crippen LogP contribution in [-0.4, -0.2) is 23.2 Å². The molecule has 2 aromatic carbocycles. The minimum absolute atomic E-state index is 0.248. The summed E-state index contributed by atoms with van der Waals surface area (Å²) in [6, 6.07) is 13.2. The zero-order valence-corrected chi connectivity index (χ0v) is 12.9. The fourth-order valence-electron chi connectivity index (χ4n) is 1.62. The van der Waals surface area contributed by atoms with Crippen LogP contribution in [0, 0.1) is 0 Å². The number of rotatable bonds is 4. The van der Waals surface area contributed by atoms with Crippen LogP contribution in [0.5, 0.6) is 0 Å². The number of carbonyl (C=O) groups is 2. The Morgan fingerprint density at radius 2 is 1.50 bits per heavy atom. The predicted octanol–water partition coefficient (Wildman–Crippen LogP) is 2.33. The Bertz CT molecular complexity index is 697. The highest BCUT2D eigenvalue weighted by molar-refractivity contribution is 9.10. The molecule has 0 aromatic heterocycles. The maximum absolute atomic E-state index is 11.9. The Balaban J connectivity index is 1.97. The molecule has 0 saturated carbocycles. The number of benzene rings is 2. The molecule has 0 aliphatic heterocycles. The van der Waals surface area contributed by atoms with Gasteiger partial charge in [0.05, 0.1) is 6.21 Å². The molecule has 0 aliphatic rings. The molecule has 2 aromatic rings. The summed E-state index contributed by atoms with van der Waals surface area (Å²) in [5, 5.41) is 12.4. The Kier molecular flexibility index (Phi) is 5.40. The molecule has 0 bridgehead atoms. The third-order valence-corrected chi connectivity index (χ3v) is 3.29. The monoisotopic (exact) mass is 361 g/mol. The molecule has 7 heteroatoms. The first-order chi connectivity index (χ1) is 10.6. The van der Waals surface area contributed by atoms with E-state index in [1.807, 2.05) is 24.3 Å². The normalized spacial score (nSPS) is 10.5. The van der Waals surface area contributed by atoms with Gasteiger partial charge in [-0.15, -0.1) is 0 Å². The van der Waals surface area contributed by atoms with Crippen LogP contribution >= 0.6 is 15.9 Å². The summed E-state index contributed by atoms with van der Waals surface area (Å²) in [6.07, 6.45) is 1.53. The van der Waals surface area contributed by atoms with Crippen molar-refractivity contribution in [2.75, 3.05) is 0 Å². The molecule has 0 atom stereocenters. The number of hydroxylamine groups is 1. The van der Waals surface area contributed by atoms with Crippen LogP contribution in [-0.2, 0) is 0 Å². The van der Waals surface area contributed by atoms with Crippen molar-refractivity contribution < 1.29 is 14.8 Å². The van der Waals surface area contributed by atoms with Gasteiger partial charge in [0.25, 0.3) is 11.8 Å². The van der Waals surface area contributed by atoms with Crippen molar-refractivity contribution in [1.82, 2.24) is 10.9 Å². The van der Waals surface area contributed by atoms with Gasteiger partial charge in [-0.3, -0.25) is 14.8 Å². The van der Waals surface area contributed by atoms with Crippen LogP contribution < -0.4 is 10.9 Å². The average Bonchev–Trinajstić information content (AvgIpc) is 2.56. The molecule has 2 rings (SSSR count). The first-order valence-corrected chi connectivity index (χ1v) is 7.03. The van der Waals surface area contributed by atoms with Crippen molar-refractivity contribution in [1.29, 1.82) is 0 Å². The summed E-state index contributed by atoms with van der Waals surface area (Å²) < 4.78 is 0.959. The summed E-state index contributed by atoms with van der Waals surface area (Å²) >= 11 is 3.33.